The number of anilines is 1. The largest absolute Gasteiger partial charge is 0.484 e. The third-order valence-electron chi connectivity index (χ3n) is 5.07. The highest BCUT2D eigenvalue weighted by Gasteiger charge is 2.36. The second kappa shape index (κ2) is 8.04. The van der Waals surface area contributed by atoms with E-state index in [1.807, 2.05) is 0 Å². The van der Waals surface area contributed by atoms with Crippen molar-refractivity contribution in [2.24, 2.45) is 5.73 Å². The summed E-state index contributed by atoms with van der Waals surface area (Å²) in [6.45, 7) is -0.213. The number of aromatic nitrogens is 2. The van der Waals surface area contributed by atoms with E-state index in [9.17, 15) is 14.4 Å². The van der Waals surface area contributed by atoms with Gasteiger partial charge >= 0.3 is 0 Å². The van der Waals surface area contributed by atoms with E-state index in [0.717, 1.165) is 4.90 Å². The Morgan fingerprint density at radius 3 is 2.27 bits per heavy atom. The van der Waals surface area contributed by atoms with Gasteiger partial charge in [0.15, 0.2) is 6.61 Å². The number of nitrogens with zero attached hydrogens (tertiary/aromatic N) is 3. The van der Waals surface area contributed by atoms with Crippen LogP contribution in [-0.2, 0) is 4.79 Å². The summed E-state index contributed by atoms with van der Waals surface area (Å²) in [7, 11) is 0. The number of rotatable bonds is 6. The Bertz CT molecular complexity index is 1360. The maximum Gasteiger partial charge on any atom is 0.266 e. The molecule has 0 radical (unpaired) electrons. The van der Waals surface area contributed by atoms with Crippen molar-refractivity contribution in [1.82, 2.24) is 10.1 Å². The summed E-state index contributed by atoms with van der Waals surface area (Å²) >= 11 is 0. The maximum absolute atomic E-state index is 12.8. The summed E-state index contributed by atoms with van der Waals surface area (Å²) in [4.78, 5) is 41.9. The molecule has 3 aromatic carbocycles. The lowest BCUT2D eigenvalue weighted by molar-refractivity contribution is -0.119. The normalized spacial score (nSPS) is 12.7. The minimum atomic E-state index is -0.565. The maximum atomic E-state index is 12.8. The molecule has 33 heavy (non-hydrogen) atoms. The van der Waals surface area contributed by atoms with Gasteiger partial charge in [0.2, 0.25) is 5.82 Å². The smallest absolute Gasteiger partial charge is 0.266 e. The van der Waals surface area contributed by atoms with Gasteiger partial charge in [0.1, 0.15) is 5.75 Å². The molecule has 162 valence electrons. The lowest BCUT2D eigenvalue weighted by Crippen LogP contribution is -2.29. The van der Waals surface area contributed by atoms with Crippen LogP contribution < -0.4 is 15.4 Å². The third-order valence-corrected chi connectivity index (χ3v) is 5.07. The van der Waals surface area contributed by atoms with Crippen molar-refractivity contribution in [3.8, 4) is 28.6 Å². The molecule has 0 atom stereocenters. The third kappa shape index (κ3) is 3.72. The van der Waals surface area contributed by atoms with Crippen LogP contribution in [0.5, 0.6) is 5.75 Å². The number of carbonyl (C=O) groups is 3. The zero-order valence-corrected chi connectivity index (χ0v) is 17.1. The molecule has 2 N–H and O–H groups in total. The van der Waals surface area contributed by atoms with Gasteiger partial charge in [0.25, 0.3) is 23.6 Å². The number of benzene rings is 3. The SMILES string of the molecule is NC(=O)COc1ccc(-c2noc(-c3cccc(N4C(=O)c5ccccc5C4=O)c3)n2)cc1. The fourth-order valence-electron chi connectivity index (χ4n) is 3.51. The van der Waals surface area contributed by atoms with Crippen molar-refractivity contribution in [1.29, 1.82) is 0 Å². The molecule has 9 nitrogen and oxygen atoms in total. The monoisotopic (exact) mass is 440 g/mol. The summed E-state index contributed by atoms with van der Waals surface area (Å²) < 4.78 is 10.6. The number of fused-ring (bicyclic) bond motifs is 1. The van der Waals surface area contributed by atoms with E-state index < -0.39 is 5.91 Å². The van der Waals surface area contributed by atoms with Crippen molar-refractivity contribution >= 4 is 23.4 Å². The first-order valence-corrected chi connectivity index (χ1v) is 9.95. The van der Waals surface area contributed by atoms with E-state index in [-0.39, 0.29) is 24.3 Å². The predicted molar refractivity (Wildman–Crippen MR) is 117 cm³/mol. The summed E-state index contributed by atoms with van der Waals surface area (Å²) in [5, 5.41) is 4.01. The first kappa shape index (κ1) is 20.1. The number of hydrogen-bond acceptors (Lipinski definition) is 7. The van der Waals surface area contributed by atoms with E-state index in [1.54, 1.807) is 72.8 Å². The molecule has 0 spiro atoms. The van der Waals surface area contributed by atoms with Gasteiger partial charge in [-0.2, -0.15) is 4.98 Å². The van der Waals surface area contributed by atoms with Gasteiger partial charge in [-0.25, -0.2) is 4.90 Å². The first-order valence-electron chi connectivity index (χ1n) is 9.95. The molecule has 1 aliphatic rings. The minimum Gasteiger partial charge on any atom is -0.484 e. The topological polar surface area (TPSA) is 129 Å². The van der Waals surface area contributed by atoms with Crippen molar-refractivity contribution < 1.29 is 23.6 Å². The molecular formula is C24H16N4O5. The molecule has 9 heteroatoms. The number of imide groups is 1. The Labute approximate surface area is 187 Å². The van der Waals surface area contributed by atoms with E-state index in [1.165, 1.54) is 0 Å². The van der Waals surface area contributed by atoms with Crippen LogP contribution in [0.2, 0.25) is 0 Å². The zero-order valence-electron chi connectivity index (χ0n) is 17.1. The molecule has 0 bridgehead atoms. The molecule has 3 amide bonds. The van der Waals surface area contributed by atoms with Gasteiger partial charge in [-0.15, -0.1) is 0 Å². The van der Waals surface area contributed by atoms with Crippen LogP contribution in [0.25, 0.3) is 22.8 Å². The fraction of sp³-hybridized carbons (Fsp3) is 0.0417. The molecule has 0 unspecified atom stereocenters. The Kier molecular flexibility index (Phi) is 4.91. The highest BCUT2D eigenvalue weighted by molar-refractivity contribution is 6.34. The summed E-state index contributed by atoms with van der Waals surface area (Å²) in [5.74, 6) is -0.259. The number of ether oxygens (including phenoxy) is 1. The molecule has 0 aliphatic carbocycles. The van der Waals surface area contributed by atoms with E-state index in [2.05, 4.69) is 10.1 Å². The van der Waals surface area contributed by atoms with Crippen molar-refractivity contribution in [3.05, 3.63) is 83.9 Å². The van der Waals surface area contributed by atoms with Gasteiger partial charge < -0.3 is 15.0 Å². The molecule has 1 aliphatic heterocycles. The lowest BCUT2D eigenvalue weighted by Gasteiger charge is -2.14. The van der Waals surface area contributed by atoms with Crippen molar-refractivity contribution in [2.45, 2.75) is 0 Å². The highest BCUT2D eigenvalue weighted by atomic mass is 16.5. The molecular weight excluding hydrogens is 424 g/mol. The summed E-state index contributed by atoms with van der Waals surface area (Å²) in [6.07, 6.45) is 0. The quantitative estimate of drug-likeness (QED) is 0.456. The van der Waals surface area contributed by atoms with Gasteiger partial charge in [-0.3, -0.25) is 14.4 Å². The standard InChI is InChI=1S/C24H16N4O5/c25-20(29)13-32-17-10-8-14(9-11-17)21-26-22(33-27-21)15-4-3-5-16(12-15)28-23(30)18-6-1-2-7-19(18)24(28)31/h1-12H,13H2,(H2,25,29). The fourth-order valence-corrected chi connectivity index (χ4v) is 3.51. The molecule has 0 saturated carbocycles. The second-order valence-corrected chi connectivity index (χ2v) is 7.24. The minimum absolute atomic E-state index is 0.213. The van der Waals surface area contributed by atoms with Gasteiger partial charge in [0, 0.05) is 11.1 Å². The van der Waals surface area contributed by atoms with Crippen molar-refractivity contribution in [3.63, 3.8) is 0 Å². The van der Waals surface area contributed by atoms with Gasteiger partial charge in [0.05, 0.1) is 16.8 Å². The molecule has 4 aromatic rings. The zero-order chi connectivity index (χ0) is 22.9. The van der Waals surface area contributed by atoms with Crippen LogP contribution >= 0.6 is 0 Å². The average molecular weight is 440 g/mol. The van der Waals surface area contributed by atoms with Crippen LogP contribution in [-0.4, -0.2) is 34.5 Å². The average Bonchev–Trinajstić information content (AvgIpc) is 3.42. The van der Waals surface area contributed by atoms with Gasteiger partial charge in [-0.1, -0.05) is 23.4 Å². The summed E-state index contributed by atoms with van der Waals surface area (Å²) in [5.41, 5.74) is 7.46. The van der Waals surface area contributed by atoms with Crippen LogP contribution in [0.4, 0.5) is 5.69 Å². The number of nitrogens with two attached hydrogens (primary N) is 1. The van der Waals surface area contributed by atoms with E-state index in [0.29, 0.717) is 39.5 Å². The van der Waals surface area contributed by atoms with Crippen LogP contribution in [0, 0.1) is 0 Å². The van der Waals surface area contributed by atoms with Crippen molar-refractivity contribution in [2.75, 3.05) is 11.5 Å². The Balaban J connectivity index is 1.39. The van der Waals surface area contributed by atoms with Crippen LogP contribution in [0.15, 0.2) is 77.3 Å². The molecule has 2 heterocycles. The number of carbonyl (C=O) groups excluding carboxylic acids is 3. The van der Waals surface area contributed by atoms with E-state index in [4.69, 9.17) is 15.0 Å². The Morgan fingerprint density at radius 2 is 1.61 bits per heavy atom. The van der Waals surface area contributed by atoms with E-state index >= 15 is 0 Å². The number of primary amides is 1. The Morgan fingerprint density at radius 1 is 0.909 bits per heavy atom. The van der Waals surface area contributed by atoms with Gasteiger partial charge in [-0.05, 0) is 54.6 Å². The molecule has 5 rings (SSSR count). The molecule has 1 aromatic heterocycles. The second-order valence-electron chi connectivity index (χ2n) is 7.24. The number of amides is 3. The van der Waals surface area contributed by atoms with Crippen LogP contribution in [0.3, 0.4) is 0 Å². The number of hydrogen-bond donors (Lipinski definition) is 1. The predicted octanol–water partition coefficient (Wildman–Crippen LogP) is 3.07. The lowest BCUT2D eigenvalue weighted by atomic mass is 10.1. The summed E-state index contributed by atoms with van der Waals surface area (Å²) in [6, 6.07) is 20.3. The molecule has 0 fully saturated rings. The van der Waals surface area contributed by atoms with Crippen LogP contribution in [0.1, 0.15) is 20.7 Å². The first-order chi connectivity index (χ1) is 16.0. The highest BCUT2D eigenvalue weighted by Crippen LogP contribution is 2.31. The Hall–Kier alpha value is -4.79. The molecule has 0 saturated heterocycles.